The minimum absolute atomic E-state index is 0.518. The molecule has 3 heteroatoms. The number of nitrogens with one attached hydrogen (secondary N) is 1. The summed E-state index contributed by atoms with van der Waals surface area (Å²) in [6.07, 6.45) is 10.0. The van der Waals surface area contributed by atoms with Gasteiger partial charge >= 0.3 is 0 Å². The summed E-state index contributed by atoms with van der Waals surface area (Å²) < 4.78 is 0. The summed E-state index contributed by atoms with van der Waals surface area (Å²) in [6, 6.07) is 0.518. The molecule has 1 aliphatic rings. The van der Waals surface area contributed by atoms with Crippen molar-refractivity contribution < 1.29 is 0 Å². The van der Waals surface area contributed by atoms with Crippen molar-refractivity contribution in [3.63, 3.8) is 0 Å². The Kier molecular flexibility index (Phi) is 4.79. The van der Waals surface area contributed by atoms with Crippen LogP contribution in [0.1, 0.15) is 56.5 Å². The summed E-state index contributed by atoms with van der Waals surface area (Å²) in [7, 11) is 0. The third-order valence-corrected chi connectivity index (χ3v) is 4.08. The molecular formula is C13H22N2S. The van der Waals surface area contributed by atoms with Crippen LogP contribution in [-0.4, -0.2) is 11.5 Å². The predicted octanol–water partition coefficient (Wildman–Crippen LogP) is 3.76. The molecule has 1 aromatic heterocycles. The first-order chi connectivity index (χ1) is 7.90. The lowest BCUT2D eigenvalue weighted by Crippen LogP contribution is -2.22. The van der Waals surface area contributed by atoms with E-state index < -0.39 is 0 Å². The largest absolute Gasteiger partial charge is 0.308 e. The number of rotatable bonds is 8. The summed E-state index contributed by atoms with van der Waals surface area (Å²) in [5, 5.41) is 7.04. The fourth-order valence-corrected chi connectivity index (χ4v) is 2.74. The second-order valence-corrected chi connectivity index (χ2v) is 5.69. The fourth-order valence-electron chi connectivity index (χ4n) is 2.02. The zero-order valence-electron chi connectivity index (χ0n) is 10.1. The molecule has 0 saturated heterocycles. The van der Waals surface area contributed by atoms with Crippen molar-refractivity contribution in [1.82, 2.24) is 10.3 Å². The molecule has 1 saturated carbocycles. The molecule has 90 valence electrons. The smallest absolute Gasteiger partial charge is 0.109 e. The van der Waals surface area contributed by atoms with Gasteiger partial charge < -0.3 is 5.32 Å². The first-order valence-electron chi connectivity index (χ1n) is 6.53. The van der Waals surface area contributed by atoms with E-state index in [0.29, 0.717) is 6.04 Å². The third kappa shape index (κ3) is 3.87. The molecule has 0 aliphatic heterocycles. The Morgan fingerprint density at radius 1 is 1.50 bits per heavy atom. The third-order valence-electron chi connectivity index (χ3n) is 3.19. The summed E-state index contributed by atoms with van der Waals surface area (Å²) in [5.41, 5.74) is 0. The van der Waals surface area contributed by atoms with Gasteiger partial charge in [-0.25, -0.2) is 4.98 Å². The van der Waals surface area contributed by atoms with E-state index >= 15 is 0 Å². The zero-order chi connectivity index (χ0) is 11.2. The van der Waals surface area contributed by atoms with Gasteiger partial charge in [0.15, 0.2) is 0 Å². The van der Waals surface area contributed by atoms with Crippen LogP contribution >= 0.6 is 11.3 Å². The second kappa shape index (κ2) is 6.36. The lowest BCUT2D eigenvalue weighted by atomic mass is 10.1. The van der Waals surface area contributed by atoms with Gasteiger partial charge in [-0.15, -0.1) is 11.3 Å². The van der Waals surface area contributed by atoms with Crippen molar-refractivity contribution in [2.45, 2.75) is 51.5 Å². The SMILES string of the molecule is CCCCCNC(CC1CC1)c1nccs1. The van der Waals surface area contributed by atoms with Gasteiger partial charge in [-0.2, -0.15) is 0 Å². The summed E-state index contributed by atoms with van der Waals surface area (Å²) >= 11 is 1.79. The van der Waals surface area contributed by atoms with E-state index in [2.05, 4.69) is 22.6 Å². The summed E-state index contributed by atoms with van der Waals surface area (Å²) in [5.74, 6) is 0.965. The highest BCUT2D eigenvalue weighted by Gasteiger charge is 2.26. The van der Waals surface area contributed by atoms with E-state index in [0.717, 1.165) is 12.5 Å². The Morgan fingerprint density at radius 2 is 2.38 bits per heavy atom. The average Bonchev–Trinajstić information content (AvgIpc) is 2.95. The maximum atomic E-state index is 4.45. The normalized spacial score (nSPS) is 17.6. The first kappa shape index (κ1) is 12.1. The highest BCUT2D eigenvalue weighted by Crippen LogP contribution is 2.37. The molecular weight excluding hydrogens is 216 g/mol. The van der Waals surface area contributed by atoms with Crippen molar-refractivity contribution in [2.24, 2.45) is 5.92 Å². The molecule has 0 radical (unpaired) electrons. The highest BCUT2D eigenvalue weighted by molar-refractivity contribution is 7.09. The quantitative estimate of drug-likeness (QED) is 0.697. The van der Waals surface area contributed by atoms with Crippen LogP contribution in [-0.2, 0) is 0 Å². The van der Waals surface area contributed by atoms with E-state index in [1.807, 2.05) is 6.20 Å². The number of aromatic nitrogens is 1. The van der Waals surface area contributed by atoms with Gasteiger partial charge in [0.2, 0.25) is 0 Å². The molecule has 1 fully saturated rings. The van der Waals surface area contributed by atoms with E-state index in [-0.39, 0.29) is 0 Å². The van der Waals surface area contributed by atoms with E-state index in [9.17, 15) is 0 Å². The molecule has 0 bridgehead atoms. The van der Waals surface area contributed by atoms with Gasteiger partial charge in [-0.3, -0.25) is 0 Å². The van der Waals surface area contributed by atoms with Gasteiger partial charge in [-0.05, 0) is 25.3 Å². The first-order valence-corrected chi connectivity index (χ1v) is 7.41. The maximum Gasteiger partial charge on any atom is 0.109 e. The van der Waals surface area contributed by atoms with E-state index in [1.54, 1.807) is 11.3 Å². The van der Waals surface area contributed by atoms with Gasteiger partial charge in [0.25, 0.3) is 0 Å². The number of thiazole rings is 1. The van der Waals surface area contributed by atoms with Crippen LogP contribution in [0.5, 0.6) is 0 Å². The maximum absolute atomic E-state index is 4.45. The Labute approximate surface area is 102 Å². The van der Waals surface area contributed by atoms with Crippen LogP contribution in [0.2, 0.25) is 0 Å². The van der Waals surface area contributed by atoms with Gasteiger partial charge in [-0.1, -0.05) is 32.6 Å². The number of hydrogen-bond donors (Lipinski definition) is 1. The standard InChI is InChI=1S/C13H22N2S/c1-2-3-4-7-14-12(10-11-5-6-11)13-15-8-9-16-13/h8-9,11-12,14H,2-7,10H2,1H3. The van der Waals surface area contributed by atoms with Gasteiger partial charge in [0.1, 0.15) is 5.01 Å². The van der Waals surface area contributed by atoms with Crippen molar-refractivity contribution in [1.29, 1.82) is 0 Å². The number of hydrogen-bond acceptors (Lipinski definition) is 3. The van der Waals surface area contributed by atoms with E-state index in [1.165, 1.54) is 43.5 Å². The Bertz CT molecular complexity index is 280. The van der Waals surface area contributed by atoms with Crippen LogP contribution < -0.4 is 5.32 Å². The molecule has 16 heavy (non-hydrogen) atoms. The van der Waals surface area contributed by atoms with Crippen LogP contribution in [0, 0.1) is 5.92 Å². The van der Waals surface area contributed by atoms with Gasteiger partial charge in [0, 0.05) is 11.6 Å². The highest BCUT2D eigenvalue weighted by atomic mass is 32.1. The molecule has 1 heterocycles. The molecule has 2 nitrogen and oxygen atoms in total. The Hall–Kier alpha value is -0.410. The molecule has 0 amide bonds. The average molecular weight is 238 g/mol. The van der Waals surface area contributed by atoms with E-state index in [4.69, 9.17) is 0 Å². The molecule has 1 aromatic rings. The topological polar surface area (TPSA) is 24.9 Å². The van der Waals surface area contributed by atoms with Crippen molar-refractivity contribution in [2.75, 3.05) is 6.54 Å². The number of unbranched alkanes of at least 4 members (excludes halogenated alkanes) is 2. The van der Waals surface area contributed by atoms with Crippen LogP contribution in [0.4, 0.5) is 0 Å². The Morgan fingerprint density at radius 3 is 3.00 bits per heavy atom. The molecule has 1 aliphatic carbocycles. The minimum Gasteiger partial charge on any atom is -0.308 e. The predicted molar refractivity (Wildman–Crippen MR) is 69.7 cm³/mol. The molecule has 0 spiro atoms. The lowest BCUT2D eigenvalue weighted by molar-refractivity contribution is 0.462. The molecule has 1 atom stereocenters. The Balaban J connectivity index is 1.77. The lowest BCUT2D eigenvalue weighted by Gasteiger charge is -2.16. The number of nitrogens with zero attached hydrogens (tertiary/aromatic N) is 1. The van der Waals surface area contributed by atoms with Crippen molar-refractivity contribution in [3.05, 3.63) is 16.6 Å². The van der Waals surface area contributed by atoms with Gasteiger partial charge in [0.05, 0.1) is 6.04 Å². The minimum atomic E-state index is 0.518. The molecule has 2 rings (SSSR count). The summed E-state index contributed by atoms with van der Waals surface area (Å²) in [4.78, 5) is 4.45. The van der Waals surface area contributed by atoms with Crippen molar-refractivity contribution in [3.8, 4) is 0 Å². The zero-order valence-corrected chi connectivity index (χ0v) is 10.9. The monoisotopic (exact) mass is 238 g/mol. The van der Waals surface area contributed by atoms with Crippen LogP contribution in [0.3, 0.4) is 0 Å². The molecule has 1 N–H and O–H groups in total. The fraction of sp³-hybridized carbons (Fsp3) is 0.769. The van der Waals surface area contributed by atoms with Crippen LogP contribution in [0.15, 0.2) is 11.6 Å². The molecule has 0 aromatic carbocycles. The van der Waals surface area contributed by atoms with Crippen molar-refractivity contribution >= 4 is 11.3 Å². The second-order valence-electron chi connectivity index (χ2n) is 4.76. The molecule has 1 unspecified atom stereocenters. The summed E-state index contributed by atoms with van der Waals surface area (Å²) in [6.45, 7) is 3.40. The van der Waals surface area contributed by atoms with Crippen LogP contribution in [0.25, 0.3) is 0 Å².